The summed E-state index contributed by atoms with van der Waals surface area (Å²) in [4.78, 5) is 16.0. The number of fused-ring (bicyclic) bond motifs is 1. The van der Waals surface area contributed by atoms with Crippen LogP contribution in [-0.4, -0.2) is 36.2 Å². The van der Waals surface area contributed by atoms with E-state index in [1.54, 1.807) is 11.8 Å². The number of aryl methyl sites for hydroxylation is 1. The minimum absolute atomic E-state index is 0.0103. The smallest absolute Gasteiger partial charge is 0.251 e. The largest absolute Gasteiger partial charge is 0.350 e. The van der Waals surface area contributed by atoms with E-state index in [2.05, 4.69) is 49.3 Å². The zero-order chi connectivity index (χ0) is 17.8. The number of benzene rings is 2. The summed E-state index contributed by atoms with van der Waals surface area (Å²) in [5.41, 5.74) is 4.86. The number of carbonyl (C=O) groups excluding carboxylic acids is 1. The molecule has 1 heterocycles. The van der Waals surface area contributed by atoms with Gasteiger partial charge in [0.05, 0.1) is 0 Å². The molecule has 2 aromatic carbocycles. The molecule has 3 rings (SSSR count). The molecule has 1 aliphatic rings. The highest BCUT2D eigenvalue weighted by Crippen LogP contribution is 2.23. The number of rotatable bonds is 5. The van der Waals surface area contributed by atoms with Gasteiger partial charge >= 0.3 is 0 Å². The minimum Gasteiger partial charge on any atom is -0.350 e. The molecule has 0 spiro atoms. The maximum absolute atomic E-state index is 12.4. The summed E-state index contributed by atoms with van der Waals surface area (Å²) >= 11 is 1.79. The van der Waals surface area contributed by atoms with Gasteiger partial charge in [0, 0.05) is 29.6 Å². The van der Waals surface area contributed by atoms with Crippen LogP contribution in [0, 0.1) is 6.92 Å². The van der Waals surface area contributed by atoms with Crippen molar-refractivity contribution in [3.8, 4) is 0 Å². The molecule has 1 aliphatic heterocycles. The van der Waals surface area contributed by atoms with Crippen molar-refractivity contribution >= 4 is 17.7 Å². The highest BCUT2D eigenvalue weighted by molar-refractivity contribution is 7.99. The molecule has 3 nitrogen and oxygen atoms in total. The van der Waals surface area contributed by atoms with Crippen LogP contribution in [0.2, 0.25) is 0 Å². The Labute approximate surface area is 154 Å². The molecule has 2 aromatic rings. The van der Waals surface area contributed by atoms with Crippen LogP contribution < -0.4 is 5.32 Å². The monoisotopic (exact) mass is 354 g/mol. The third kappa shape index (κ3) is 4.44. The van der Waals surface area contributed by atoms with E-state index in [1.807, 2.05) is 24.3 Å². The number of carbonyl (C=O) groups is 1. The summed E-state index contributed by atoms with van der Waals surface area (Å²) in [6.07, 6.45) is 0.985. The molecule has 0 saturated carbocycles. The van der Waals surface area contributed by atoms with Crippen LogP contribution in [0.25, 0.3) is 0 Å². The Morgan fingerprint density at radius 1 is 1.20 bits per heavy atom. The molecule has 25 heavy (non-hydrogen) atoms. The minimum atomic E-state index is 0.0103. The summed E-state index contributed by atoms with van der Waals surface area (Å²) in [6.45, 7) is 5.89. The van der Waals surface area contributed by atoms with Gasteiger partial charge in [-0.15, -0.1) is 11.8 Å². The van der Waals surface area contributed by atoms with E-state index in [1.165, 1.54) is 21.6 Å². The topological polar surface area (TPSA) is 32.3 Å². The predicted octanol–water partition coefficient (Wildman–Crippen LogP) is 3.89. The lowest BCUT2D eigenvalue weighted by Gasteiger charge is -2.34. The molecular weight excluding hydrogens is 328 g/mol. The first-order valence-corrected chi connectivity index (χ1v) is 9.85. The second kappa shape index (κ2) is 8.07. The number of amides is 1. The van der Waals surface area contributed by atoms with Crippen molar-refractivity contribution in [1.29, 1.82) is 0 Å². The van der Waals surface area contributed by atoms with Crippen molar-refractivity contribution in [2.45, 2.75) is 37.8 Å². The molecule has 0 saturated heterocycles. The fourth-order valence-electron chi connectivity index (χ4n) is 3.32. The number of likely N-dealkylation sites (N-methyl/N-ethyl adjacent to an activating group) is 1. The maximum atomic E-state index is 12.4. The third-order valence-corrected chi connectivity index (χ3v) is 5.68. The lowest BCUT2D eigenvalue weighted by molar-refractivity contribution is 0.0934. The highest BCUT2D eigenvalue weighted by Gasteiger charge is 2.23. The highest BCUT2D eigenvalue weighted by atomic mass is 32.2. The van der Waals surface area contributed by atoms with Crippen LogP contribution in [0.1, 0.15) is 34.0 Å². The Hall–Kier alpha value is -1.78. The summed E-state index contributed by atoms with van der Waals surface area (Å²) in [6, 6.07) is 14.9. The molecule has 1 atom stereocenters. The Morgan fingerprint density at radius 3 is 2.68 bits per heavy atom. The van der Waals surface area contributed by atoms with Gasteiger partial charge in [0.15, 0.2) is 0 Å². The van der Waals surface area contributed by atoms with Crippen molar-refractivity contribution in [1.82, 2.24) is 10.2 Å². The average molecular weight is 355 g/mol. The summed E-state index contributed by atoms with van der Waals surface area (Å²) in [7, 11) is 2.14. The van der Waals surface area contributed by atoms with Crippen LogP contribution in [-0.2, 0) is 13.0 Å². The third-order valence-electron chi connectivity index (χ3n) is 4.79. The van der Waals surface area contributed by atoms with Gasteiger partial charge < -0.3 is 5.32 Å². The van der Waals surface area contributed by atoms with Crippen molar-refractivity contribution in [2.75, 3.05) is 19.3 Å². The number of nitrogens with zero attached hydrogens (tertiary/aromatic N) is 1. The van der Waals surface area contributed by atoms with Crippen molar-refractivity contribution in [3.63, 3.8) is 0 Å². The Balaban J connectivity index is 1.59. The van der Waals surface area contributed by atoms with E-state index in [0.29, 0.717) is 12.6 Å². The molecular formula is C21H26N2OS. The molecule has 0 fully saturated rings. The van der Waals surface area contributed by atoms with Gasteiger partial charge in [0.25, 0.3) is 5.91 Å². The van der Waals surface area contributed by atoms with Crippen LogP contribution >= 0.6 is 11.8 Å². The average Bonchev–Trinajstić information content (AvgIpc) is 2.60. The first-order valence-electron chi connectivity index (χ1n) is 8.86. The number of thioether (sulfide) groups is 1. The van der Waals surface area contributed by atoms with Crippen LogP contribution in [0.3, 0.4) is 0 Å². The van der Waals surface area contributed by atoms with Gasteiger partial charge in [0.2, 0.25) is 0 Å². The number of nitrogens with one attached hydrogen (secondary N) is 1. The van der Waals surface area contributed by atoms with E-state index in [0.717, 1.165) is 24.3 Å². The van der Waals surface area contributed by atoms with Crippen molar-refractivity contribution in [3.05, 3.63) is 64.7 Å². The normalized spacial score (nSPS) is 17.2. The fourth-order valence-corrected chi connectivity index (χ4v) is 3.98. The van der Waals surface area contributed by atoms with E-state index < -0.39 is 0 Å². The summed E-state index contributed by atoms with van der Waals surface area (Å²) in [5.74, 6) is 1.05. The summed E-state index contributed by atoms with van der Waals surface area (Å²) in [5, 5.41) is 3.11. The molecule has 1 amide bonds. The molecule has 1 N–H and O–H groups in total. The number of hydrogen-bond donors (Lipinski definition) is 1. The van der Waals surface area contributed by atoms with Crippen LogP contribution in [0.15, 0.2) is 47.4 Å². The molecule has 0 bridgehead atoms. The second-order valence-electron chi connectivity index (χ2n) is 6.71. The quantitative estimate of drug-likeness (QED) is 0.827. The summed E-state index contributed by atoms with van der Waals surface area (Å²) < 4.78 is 0. The molecule has 0 aromatic heterocycles. The first-order chi connectivity index (χ1) is 12.1. The Bertz CT molecular complexity index is 742. The van der Waals surface area contributed by atoms with Gasteiger partial charge in [-0.2, -0.15) is 0 Å². The van der Waals surface area contributed by atoms with Crippen LogP contribution in [0.4, 0.5) is 0 Å². The lowest BCUT2D eigenvalue weighted by Crippen LogP contribution is -2.45. The van der Waals surface area contributed by atoms with Crippen LogP contribution in [0.5, 0.6) is 0 Å². The molecule has 0 aliphatic carbocycles. The van der Waals surface area contributed by atoms with Gasteiger partial charge in [-0.05, 0) is 61.5 Å². The van der Waals surface area contributed by atoms with Gasteiger partial charge in [0.1, 0.15) is 0 Å². The second-order valence-corrected chi connectivity index (χ2v) is 8.05. The van der Waals surface area contributed by atoms with Crippen molar-refractivity contribution < 1.29 is 4.79 Å². The maximum Gasteiger partial charge on any atom is 0.251 e. The number of hydrogen-bond acceptors (Lipinski definition) is 3. The Morgan fingerprint density at radius 2 is 1.96 bits per heavy atom. The van der Waals surface area contributed by atoms with E-state index in [4.69, 9.17) is 0 Å². The molecule has 0 unspecified atom stereocenters. The predicted molar refractivity (Wildman–Crippen MR) is 105 cm³/mol. The molecule has 4 heteroatoms. The van der Waals surface area contributed by atoms with Gasteiger partial charge in [-0.25, -0.2) is 0 Å². The Kier molecular flexibility index (Phi) is 5.82. The zero-order valence-electron chi connectivity index (χ0n) is 15.2. The molecule has 132 valence electrons. The SMILES string of the molecule is CCSc1ccc(C(=O)NC[C@H]2Cc3ccc(C)cc3CN2C)cc1. The van der Waals surface area contributed by atoms with E-state index in [-0.39, 0.29) is 5.91 Å². The van der Waals surface area contributed by atoms with Crippen molar-refractivity contribution in [2.24, 2.45) is 0 Å². The van der Waals surface area contributed by atoms with Gasteiger partial charge in [-0.1, -0.05) is 30.7 Å². The molecule has 0 radical (unpaired) electrons. The fraction of sp³-hybridized carbons (Fsp3) is 0.381. The lowest BCUT2D eigenvalue weighted by atomic mass is 9.93. The van der Waals surface area contributed by atoms with E-state index in [9.17, 15) is 4.79 Å². The van der Waals surface area contributed by atoms with Gasteiger partial charge in [-0.3, -0.25) is 9.69 Å². The first kappa shape index (κ1) is 18.0. The van der Waals surface area contributed by atoms with E-state index >= 15 is 0 Å². The standard InChI is InChI=1S/C21H26N2OS/c1-4-25-20-9-7-16(8-10-20)21(24)22-13-19-12-17-6-5-15(2)11-18(17)14-23(19)3/h5-11,19H,4,12-14H2,1-3H3,(H,22,24)/t19-/m1/s1. The zero-order valence-corrected chi connectivity index (χ0v) is 16.0.